The summed E-state index contributed by atoms with van der Waals surface area (Å²) in [6.07, 6.45) is 4.66. The van der Waals surface area contributed by atoms with Gasteiger partial charge in [0, 0.05) is 49.9 Å². The molecule has 1 aromatic heterocycles. The molecule has 140 valence electrons. The van der Waals surface area contributed by atoms with E-state index in [0.29, 0.717) is 6.42 Å². The molecule has 1 aliphatic heterocycles. The van der Waals surface area contributed by atoms with Gasteiger partial charge in [-0.1, -0.05) is 0 Å². The molecule has 1 saturated heterocycles. The molecule has 0 aromatic carbocycles. The van der Waals surface area contributed by atoms with E-state index < -0.39 is 0 Å². The number of aliphatic hydroxyl groups excluding tert-OH is 1. The van der Waals surface area contributed by atoms with Gasteiger partial charge in [-0.3, -0.25) is 9.59 Å². The highest BCUT2D eigenvalue weighted by atomic mass is 16.3. The van der Waals surface area contributed by atoms with E-state index in [0.717, 1.165) is 49.6 Å². The van der Waals surface area contributed by atoms with Crippen LogP contribution >= 0.6 is 0 Å². The lowest BCUT2D eigenvalue weighted by atomic mass is 9.80. The summed E-state index contributed by atoms with van der Waals surface area (Å²) in [5, 5.41) is 15.2. The standard InChI is InChI=1S/C20H27N3O3/c1-3-23-20(22-8-4-5-9-22)17(12(2)21-23)14-10-15(24)18(16(25)11-14)19(26)13-6-7-13/h13-14,24H,3-11H2,1-2H3. The van der Waals surface area contributed by atoms with Gasteiger partial charge in [0.25, 0.3) is 0 Å². The number of aryl methyl sites for hydroxylation is 2. The molecule has 0 amide bonds. The van der Waals surface area contributed by atoms with Crippen LogP contribution in [0.15, 0.2) is 11.3 Å². The molecular weight excluding hydrogens is 330 g/mol. The summed E-state index contributed by atoms with van der Waals surface area (Å²) in [5.41, 5.74) is 2.08. The van der Waals surface area contributed by atoms with Crippen molar-refractivity contribution >= 4 is 17.4 Å². The second-order valence-electron chi connectivity index (χ2n) is 7.82. The summed E-state index contributed by atoms with van der Waals surface area (Å²) in [5.74, 6) is 0.592. The van der Waals surface area contributed by atoms with E-state index >= 15 is 0 Å². The summed E-state index contributed by atoms with van der Waals surface area (Å²) in [6, 6.07) is 0. The molecule has 6 heteroatoms. The molecular formula is C20H27N3O3. The molecule has 1 saturated carbocycles. The molecule has 1 unspecified atom stereocenters. The minimum Gasteiger partial charge on any atom is -0.511 e. The number of hydrogen-bond acceptors (Lipinski definition) is 5. The average molecular weight is 357 g/mol. The molecule has 2 fully saturated rings. The minimum atomic E-state index is -0.202. The number of carbonyl (C=O) groups is 2. The smallest absolute Gasteiger partial charge is 0.172 e. The van der Waals surface area contributed by atoms with Crippen LogP contribution in [0.2, 0.25) is 0 Å². The fraction of sp³-hybridized carbons (Fsp3) is 0.650. The molecule has 2 aliphatic carbocycles. The van der Waals surface area contributed by atoms with Gasteiger partial charge in [0.1, 0.15) is 11.6 Å². The Balaban J connectivity index is 1.69. The molecule has 1 N–H and O–H groups in total. The van der Waals surface area contributed by atoms with Crippen molar-refractivity contribution in [1.82, 2.24) is 9.78 Å². The van der Waals surface area contributed by atoms with Crippen LogP contribution in [0.4, 0.5) is 5.82 Å². The second-order valence-corrected chi connectivity index (χ2v) is 7.82. The maximum Gasteiger partial charge on any atom is 0.172 e. The number of hydrogen-bond donors (Lipinski definition) is 1. The zero-order valence-corrected chi connectivity index (χ0v) is 15.6. The number of nitrogens with zero attached hydrogens (tertiary/aromatic N) is 3. The maximum absolute atomic E-state index is 12.7. The van der Waals surface area contributed by atoms with Crippen molar-refractivity contribution in [2.45, 2.75) is 64.8 Å². The lowest BCUT2D eigenvalue weighted by Gasteiger charge is -2.27. The summed E-state index contributed by atoms with van der Waals surface area (Å²) >= 11 is 0. The summed E-state index contributed by atoms with van der Waals surface area (Å²) in [7, 11) is 0. The number of aromatic nitrogens is 2. The van der Waals surface area contributed by atoms with Crippen molar-refractivity contribution in [3.05, 3.63) is 22.6 Å². The monoisotopic (exact) mass is 357 g/mol. The van der Waals surface area contributed by atoms with Gasteiger partial charge in [0.15, 0.2) is 11.6 Å². The van der Waals surface area contributed by atoms with Gasteiger partial charge >= 0.3 is 0 Å². The molecule has 0 bridgehead atoms. The fourth-order valence-corrected chi connectivity index (χ4v) is 4.47. The van der Waals surface area contributed by atoms with E-state index in [1.807, 2.05) is 11.6 Å². The Morgan fingerprint density at radius 3 is 2.50 bits per heavy atom. The normalized spacial score (nSPS) is 23.8. The van der Waals surface area contributed by atoms with E-state index in [4.69, 9.17) is 5.10 Å². The number of Topliss-reactive ketones (excluding diaryl/α,β-unsaturated/α-hetero) is 2. The average Bonchev–Trinajstić information content (AvgIpc) is 3.20. The van der Waals surface area contributed by atoms with Crippen molar-refractivity contribution in [2.75, 3.05) is 18.0 Å². The number of rotatable bonds is 5. The Hall–Kier alpha value is -2.11. The highest BCUT2D eigenvalue weighted by Crippen LogP contribution is 2.43. The largest absolute Gasteiger partial charge is 0.511 e. The van der Waals surface area contributed by atoms with Crippen LogP contribution in [0.25, 0.3) is 0 Å². The Morgan fingerprint density at radius 1 is 1.23 bits per heavy atom. The van der Waals surface area contributed by atoms with Gasteiger partial charge in [-0.25, -0.2) is 4.68 Å². The third-order valence-corrected chi connectivity index (χ3v) is 5.89. The third-order valence-electron chi connectivity index (χ3n) is 5.89. The summed E-state index contributed by atoms with van der Waals surface area (Å²) < 4.78 is 2.02. The maximum atomic E-state index is 12.7. The van der Waals surface area contributed by atoms with Crippen molar-refractivity contribution in [3.63, 3.8) is 0 Å². The van der Waals surface area contributed by atoms with Gasteiger partial charge in [-0.05, 0) is 39.5 Å². The molecule has 4 rings (SSSR count). The number of allylic oxidation sites excluding steroid dienone is 2. The molecule has 3 aliphatic rings. The molecule has 1 aromatic rings. The summed E-state index contributed by atoms with van der Waals surface area (Å²) in [4.78, 5) is 27.4. The molecule has 26 heavy (non-hydrogen) atoms. The Bertz CT molecular complexity index is 782. The fourth-order valence-electron chi connectivity index (χ4n) is 4.47. The zero-order chi connectivity index (χ0) is 18.4. The van der Waals surface area contributed by atoms with E-state index in [9.17, 15) is 14.7 Å². The number of anilines is 1. The molecule has 0 spiro atoms. The summed E-state index contributed by atoms with van der Waals surface area (Å²) in [6.45, 7) is 6.85. The van der Waals surface area contributed by atoms with Gasteiger partial charge in [-0.15, -0.1) is 0 Å². The first kappa shape index (κ1) is 17.3. The van der Waals surface area contributed by atoms with Crippen molar-refractivity contribution < 1.29 is 14.7 Å². The highest BCUT2D eigenvalue weighted by Gasteiger charge is 2.41. The van der Waals surface area contributed by atoms with E-state index in [1.165, 1.54) is 12.8 Å². The minimum absolute atomic E-state index is 0.0147. The van der Waals surface area contributed by atoms with Gasteiger partial charge in [0.05, 0.1) is 11.3 Å². The van der Waals surface area contributed by atoms with E-state index in [1.54, 1.807) is 0 Å². The van der Waals surface area contributed by atoms with Crippen LogP contribution in [0, 0.1) is 12.8 Å². The SMILES string of the molecule is CCn1nc(C)c(C2CC(=O)C(C(=O)C3CC3)=C(O)C2)c1N1CCCC1. The van der Waals surface area contributed by atoms with Crippen molar-refractivity contribution in [1.29, 1.82) is 0 Å². The molecule has 1 atom stereocenters. The number of aliphatic hydroxyl groups is 1. The predicted octanol–water partition coefficient (Wildman–Crippen LogP) is 3.05. The third kappa shape index (κ3) is 2.85. The first-order valence-corrected chi connectivity index (χ1v) is 9.83. The van der Waals surface area contributed by atoms with Crippen LogP contribution in [0.3, 0.4) is 0 Å². The number of carbonyl (C=O) groups excluding carboxylic acids is 2. The first-order valence-electron chi connectivity index (χ1n) is 9.83. The Morgan fingerprint density at radius 2 is 1.92 bits per heavy atom. The highest BCUT2D eigenvalue weighted by molar-refractivity contribution is 6.22. The molecule has 0 radical (unpaired) electrons. The van der Waals surface area contributed by atoms with Crippen LogP contribution in [0.5, 0.6) is 0 Å². The van der Waals surface area contributed by atoms with Gasteiger partial charge in [0.2, 0.25) is 0 Å². The Kier molecular flexibility index (Phi) is 4.37. The van der Waals surface area contributed by atoms with E-state index in [-0.39, 0.29) is 41.2 Å². The topological polar surface area (TPSA) is 75.4 Å². The lowest BCUT2D eigenvalue weighted by molar-refractivity contribution is -0.123. The predicted molar refractivity (Wildman–Crippen MR) is 98.5 cm³/mol. The zero-order valence-electron chi connectivity index (χ0n) is 15.6. The van der Waals surface area contributed by atoms with Crippen LogP contribution < -0.4 is 4.90 Å². The van der Waals surface area contributed by atoms with Crippen LogP contribution in [-0.2, 0) is 16.1 Å². The van der Waals surface area contributed by atoms with Gasteiger partial charge in [-0.2, -0.15) is 5.10 Å². The van der Waals surface area contributed by atoms with Crippen LogP contribution in [0.1, 0.15) is 62.6 Å². The lowest BCUT2D eigenvalue weighted by Crippen LogP contribution is -2.27. The van der Waals surface area contributed by atoms with Crippen molar-refractivity contribution in [2.24, 2.45) is 5.92 Å². The molecule has 2 heterocycles. The Labute approximate surface area is 153 Å². The number of ketones is 2. The quantitative estimate of drug-likeness (QED) is 0.820. The first-order chi connectivity index (χ1) is 12.5. The van der Waals surface area contributed by atoms with Crippen LogP contribution in [-0.4, -0.2) is 39.5 Å². The van der Waals surface area contributed by atoms with E-state index in [2.05, 4.69) is 11.8 Å². The van der Waals surface area contributed by atoms with Gasteiger partial charge < -0.3 is 10.0 Å². The molecule has 6 nitrogen and oxygen atoms in total. The second kappa shape index (κ2) is 6.56. The van der Waals surface area contributed by atoms with Crippen molar-refractivity contribution in [3.8, 4) is 0 Å².